The van der Waals surface area contributed by atoms with Crippen LogP contribution in [-0.2, 0) is 0 Å². The van der Waals surface area contributed by atoms with Crippen LogP contribution in [0.25, 0.3) is 32.4 Å². The molecular weight excluding hydrogens is 324 g/mol. The lowest BCUT2D eigenvalue weighted by atomic mass is 9.97. The maximum atomic E-state index is 13.1. The summed E-state index contributed by atoms with van der Waals surface area (Å²) in [5.74, 6) is 0.0551. The van der Waals surface area contributed by atoms with Gasteiger partial charge in [-0.05, 0) is 35.0 Å². The first-order chi connectivity index (χ1) is 12.7. The van der Waals surface area contributed by atoms with Crippen LogP contribution in [0.5, 0.6) is 5.88 Å². The Bertz CT molecular complexity index is 1400. The van der Waals surface area contributed by atoms with Crippen LogP contribution in [0.1, 0.15) is 0 Å². The summed E-state index contributed by atoms with van der Waals surface area (Å²) >= 11 is 0. The largest absolute Gasteiger partial charge is 0.495 e. The van der Waals surface area contributed by atoms with Crippen molar-refractivity contribution in [2.24, 2.45) is 4.99 Å². The van der Waals surface area contributed by atoms with Crippen LogP contribution in [0.3, 0.4) is 0 Å². The molecule has 26 heavy (non-hydrogen) atoms. The number of hydrogen-bond donors (Lipinski definition) is 2. The van der Waals surface area contributed by atoms with Crippen LogP contribution in [-0.4, -0.2) is 10.1 Å². The predicted molar refractivity (Wildman–Crippen MR) is 104 cm³/mol. The molecule has 4 nitrogen and oxygen atoms in total. The van der Waals surface area contributed by atoms with E-state index in [1.165, 1.54) is 0 Å². The summed E-state index contributed by atoms with van der Waals surface area (Å²) in [6, 6.07) is 22.4. The fourth-order valence-electron chi connectivity index (χ4n) is 3.57. The summed E-state index contributed by atoms with van der Waals surface area (Å²) in [4.78, 5) is 20.6. The maximum absolute atomic E-state index is 13.1. The fraction of sp³-hybridized carbons (Fsp3) is 0. The van der Waals surface area contributed by atoms with Crippen LogP contribution >= 0.6 is 0 Å². The van der Waals surface area contributed by atoms with Crippen molar-refractivity contribution in [2.45, 2.75) is 0 Å². The van der Waals surface area contributed by atoms with Crippen molar-refractivity contribution in [2.75, 3.05) is 0 Å². The molecule has 4 heteroatoms. The maximum Gasteiger partial charge on any atom is 0.194 e. The second-order valence-corrected chi connectivity index (χ2v) is 6.31. The Kier molecular flexibility index (Phi) is 3.06. The third kappa shape index (κ3) is 2.16. The van der Waals surface area contributed by atoms with Crippen molar-refractivity contribution in [3.63, 3.8) is 0 Å². The van der Waals surface area contributed by atoms with E-state index < -0.39 is 0 Å². The van der Waals surface area contributed by atoms with Gasteiger partial charge in [0, 0.05) is 22.2 Å². The van der Waals surface area contributed by atoms with E-state index in [9.17, 15) is 9.90 Å². The van der Waals surface area contributed by atoms with Crippen LogP contribution in [0.4, 0.5) is 5.69 Å². The molecule has 124 valence electrons. The van der Waals surface area contributed by atoms with Crippen LogP contribution in [0, 0.1) is 0 Å². The highest BCUT2D eigenvalue weighted by Crippen LogP contribution is 2.31. The Morgan fingerprint density at radius 2 is 1.50 bits per heavy atom. The predicted octanol–water partition coefficient (Wildman–Crippen LogP) is 4.21. The van der Waals surface area contributed by atoms with Crippen molar-refractivity contribution < 1.29 is 5.11 Å². The molecule has 0 amide bonds. The van der Waals surface area contributed by atoms with Gasteiger partial charge in [0.25, 0.3) is 0 Å². The number of nitrogens with zero attached hydrogens (tertiary/aromatic N) is 1. The number of rotatable bonds is 1. The monoisotopic (exact) mass is 338 g/mol. The lowest BCUT2D eigenvalue weighted by Gasteiger charge is -2.10. The molecule has 0 saturated heterocycles. The zero-order chi connectivity index (χ0) is 17.7. The number of hydrogen-bond acceptors (Lipinski definition) is 3. The normalized spacial score (nSPS) is 12.4. The molecule has 0 aliphatic carbocycles. The molecule has 0 spiro atoms. The number of para-hydroxylation sites is 1. The summed E-state index contributed by atoms with van der Waals surface area (Å²) in [7, 11) is 0. The quantitative estimate of drug-likeness (QED) is 0.355. The molecule has 0 saturated carbocycles. The van der Waals surface area contributed by atoms with Gasteiger partial charge in [-0.2, -0.15) is 0 Å². The van der Waals surface area contributed by atoms with E-state index in [-0.39, 0.29) is 11.3 Å². The molecule has 0 radical (unpaired) electrons. The third-order valence-corrected chi connectivity index (χ3v) is 4.66. The number of nitrogens with one attached hydrogen (secondary N) is 1. The van der Waals surface area contributed by atoms with Crippen LogP contribution < -0.4 is 10.8 Å². The third-order valence-electron chi connectivity index (χ3n) is 4.66. The Labute approximate surface area is 148 Å². The molecule has 0 aliphatic heterocycles. The summed E-state index contributed by atoms with van der Waals surface area (Å²) in [5, 5.41) is 14.6. The van der Waals surface area contributed by atoms with E-state index in [2.05, 4.69) is 9.98 Å². The van der Waals surface area contributed by atoms with Crippen LogP contribution in [0.2, 0.25) is 0 Å². The molecule has 1 heterocycles. The zero-order valence-electron chi connectivity index (χ0n) is 13.7. The number of pyridine rings is 1. The van der Waals surface area contributed by atoms with E-state index in [1.807, 2.05) is 66.7 Å². The standard InChI is InChI=1S/C22H14N2O2/c25-20-12-17-15-8-4-5-9-16(15)22(26)18-10-14(11-19(24-20)21(17)18)23-13-6-2-1-3-7-13/h1-12,24-25H. The number of benzene rings is 4. The van der Waals surface area contributed by atoms with E-state index in [1.54, 1.807) is 6.07 Å². The molecule has 0 atom stereocenters. The summed E-state index contributed by atoms with van der Waals surface area (Å²) in [5.41, 5.74) is 1.47. The highest BCUT2D eigenvalue weighted by molar-refractivity contribution is 6.20. The van der Waals surface area contributed by atoms with E-state index in [4.69, 9.17) is 0 Å². The Morgan fingerprint density at radius 1 is 0.769 bits per heavy atom. The molecule has 0 fully saturated rings. The second-order valence-electron chi connectivity index (χ2n) is 6.31. The highest BCUT2D eigenvalue weighted by atomic mass is 16.3. The van der Waals surface area contributed by atoms with Gasteiger partial charge in [-0.1, -0.05) is 42.5 Å². The van der Waals surface area contributed by atoms with E-state index in [0.717, 1.165) is 21.8 Å². The first-order valence-electron chi connectivity index (χ1n) is 8.35. The second kappa shape index (κ2) is 5.43. The molecule has 0 aliphatic rings. The average molecular weight is 338 g/mol. The van der Waals surface area contributed by atoms with Crippen LogP contribution in [0.15, 0.2) is 82.6 Å². The molecule has 5 rings (SSSR count). The molecular formula is C22H14N2O2. The van der Waals surface area contributed by atoms with Crippen molar-refractivity contribution in [1.82, 2.24) is 4.98 Å². The smallest absolute Gasteiger partial charge is 0.194 e. The lowest BCUT2D eigenvalue weighted by molar-refractivity contribution is 0.456. The summed E-state index contributed by atoms with van der Waals surface area (Å²) < 4.78 is 0. The number of aromatic hydroxyl groups is 1. The van der Waals surface area contributed by atoms with Crippen molar-refractivity contribution in [1.29, 1.82) is 0 Å². The van der Waals surface area contributed by atoms with Gasteiger partial charge in [-0.15, -0.1) is 0 Å². The number of fused-ring (bicyclic) bond motifs is 2. The van der Waals surface area contributed by atoms with Crippen molar-refractivity contribution in [3.8, 4) is 5.88 Å². The number of aromatic nitrogens is 1. The zero-order valence-corrected chi connectivity index (χ0v) is 13.7. The Hall–Kier alpha value is -3.66. The van der Waals surface area contributed by atoms with Gasteiger partial charge in [0.1, 0.15) is 0 Å². The first-order valence-corrected chi connectivity index (χ1v) is 8.35. The van der Waals surface area contributed by atoms with Gasteiger partial charge >= 0.3 is 0 Å². The lowest BCUT2D eigenvalue weighted by Crippen LogP contribution is -2.09. The van der Waals surface area contributed by atoms with Gasteiger partial charge in [0.2, 0.25) is 0 Å². The van der Waals surface area contributed by atoms with E-state index >= 15 is 0 Å². The van der Waals surface area contributed by atoms with Gasteiger partial charge in [0.15, 0.2) is 11.3 Å². The van der Waals surface area contributed by atoms with Gasteiger partial charge < -0.3 is 10.1 Å². The Morgan fingerprint density at radius 3 is 2.31 bits per heavy atom. The SMILES string of the molecule is O=c1c2ccccc2c2cc(O)[nH]c3cc(=Nc4ccccc4)cc1c32. The molecule has 4 aromatic carbocycles. The van der Waals surface area contributed by atoms with Crippen molar-refractivity contribution >= 4 is 38.1 Å². The summed E-state index contributed by atoms with van der Waals surface area (Å²) in [6.45, 7) is 0. The molecule has 0 bridgehead atoms. The topological polar surface area (TPSA) is 65.4 Å². The van der Waals surface area contributed by atoms with Gasteiger partial charge in [-0.3, -0.25) is 4.79 Å². The highest BCUT2D eigenvalue weighted by Gasteiger charge is 2.13. The molecule has 0 unspecified atom stereocenters. The minimum atomic E-state index is -0.0256. The first kappa shape index (κ1) is 14.7. The average Bonchev–Trinajstić information content (AvgIpc) is 2.66. The van der Waals surface area contributed by atoms with Gasteiger partial charge in [-0.25, -0.2) is 4.99 Å². The number of aromatic amines is 1. The molecule has 5 aromatic rings. The Balaban J connectivity index is 2.00. The minimum Gasteiger partial charge on any atom is -0.495 e. The molecule has 2 N–H and O–H groups in total. The number of H-pyrrole nitrogens is 1. The minimum absolute atomic E-state index is 0.0256. The van der Waals surface area contributed by atoms with Crippen molar-refractivity contribution in [3.05, 3.63) is 88.4 Å². The van der Waals surface area contributed by atoms with Gasteiger partial charge in [0.05, 0.1) is 16.6 Å². The van der Waals surface area contributed by atoms with E-state index in [0.29, 0.717) is 21.6 Å². The molecule has 1 aromatic heterocycles. The summed E-state index contributed by atoms with van der Waals surface area (Å²) in [6.07, 6.45) is 0. The fourth-order valence-corrected chi connectivity index (χ4v) is 3.57.